The lowest BCUT2D eigenvalue weighted by Gasteiger charge is -2.24. The fourth-order valence-electron chi connectivity index (χ4n) is 2.29. The molecule has 1 heterocycles. The fraction of sp³-hybridized carbons (Fsp3) is 0.0556. The van der Waals surface area contributed by atoms with Crippen LogP contribution < -0.4 is 10.6 Å². The highest BCUT2D eigenvalue weighted by Gasteiger charge is 2.24. The van der Waals surface area contributed by atoms with Gasteiger partial charge in [0.05, 0.1) is 0 Å². The van der Waals surface area contributed by atoms with Crippen molar-refractivity contribution in [3.63, 3.8) is 0 Å². The molecule has 0 aliphatic heterocycles. The van der Waals surface area contributed by atoms with Gasteiger partial charge in [-0.05, 0) is 24.6 Å². The average molecular weight is 293 g/mol. The van der Waals surface area contributed by atoms with Crippen LogP contribution in [0, 0.1) is 0 Å². The van der Waals surface area contributed by atoms with Gasteiger partial charge in [-0.3, -0.25) is 4.98 Å². The first kappa shape index (κ1) is 13.9. The predicted octanol–water partition coefficient (Wildman–Crippen LogP) is 3.21. The summed E-state index contributed by atoms with van der Waals surface area (Å²) in [6, 6.07) is 24.2. The van der Waals surface area contributed by atoms with Crippen LogP contribution in [0.5, 0.6) is 0 Å². The summed E-state index contributed by atoms with van der Waals surface area (Å²) in [5.41, 5.74) is 0.858. The number of aliphatic hydroxyl groups excluding tert-OH is 1. The van der Waals surface area contributed by atoms with Crippen molar-refractivity contribution in [2.75, 3.05) is 0 Å². The van der Waals surface area contributed by atoms with Crippen LogP contribution in [0.4, 0.5) is 0 Å². The van der Waals surface area contributed by atoms with Gasteiger partial charge in [-0.15, -0.1) is 0 Å². The van der Waals surface area contributed by atoms with Crippen molar-refractivity contribution in [1.82, 2.24) is 4.98 Å². The summed E-state index contributed by atoms with van der Waals surface area (Å²) in [6.07, 6.45) is 3.47. The first-order valence-corrected chi connectivity index (χ1v) is 8.24. The van der Waals surface area contributed by atoms with Crippen LogP contribution in [0.2, 0.25) is 0 Å². The smallest absolute Gasteiger partial charge is 0.108 e. The molecule has 1 atom stereocenters. The number of aromatic nitrogens is 1. The van der Waals surface area contributed by atoms with E-state index in [1.54, 1.807) is 12.4 Å². The van der Waals surface area contributed by atoms with Gasteiger partial charge in [-0.1, -0.05) is 66.7 Å². The van der Waals surface area contributed by atoms with Gasteiger partial charge in [0.25, 0.3) is 0 Å². The van der Waals surface area contributed by atoms with Gasteiger partial charge in [-0.2, -0.15) is 0 Å². The van der Waals surface area contributed by atoms with Gasteiger partial charge < -0.3 is 5.11 Å². The number of hydrogen-bond donors (Lipinski definition) is 1. The molecule has 21 heavy (non-hydrogen) atoms. The Bertz CT molecular complexity index is 634. The molecule has 0 fully saturated rings. The Morgan fingerprint density at radius 2 is 1.33 bits per heavy atom. The summed E-state index contributed by atoms with van der Waals surface area (Å²) in [5.74, 6) is -0.557. The maximum Gasteiger partial charge on any atom is 0.108 e. The zero-order chi connectivity index (χ0) is 14.5. The highest BCUT2D eigenvalue weighted by atomic mass is 31.1. The Balaban J connectivity index is 2.05. The van der Waals surface area contributed by atoms with E-state index in [0.29, 0.717) is 0 Å². The molecule has 0 aliphatic rings. The Labute approximate surface area is 125 Å². The molecule has 1 N–H and O–H groups in total. The molecule has 2 nitrogen and oxygen atoms in total. The number of rotatable bonds is 4. The van der Waals surface area contributed by atoms with Crippen LogP contribution in [-0.2, 0) is 0 Å². The number of aliphatic hydroxyl groups is 1. The number of benzene rings is 2. The van der Waals surface area contributed by atoms with Crippen LogP contribution in [0.25, 0.3) is 0 Å². The van der Waals surface area contributed by atoms with Gasteiger partial charge in [0, 0.05) is 18.0 Å². The van der Waals surface area contributed by atoms with E-state index in [1.165, 1.54) is 0 Å². The summed E-state index contributed by atoms with van der Waals surface area (Å²) >= 11 is 0. The maximum absolute atomic E-state index is 10.9. The second kappa shape index (κ2) is 6.62. The molecule has 0 amide bonds. The molecule has 3 heteroatoms. The lowest BCUT2D eigenvalue weighted by atomic mass is 10.3. The normalized spacial score (nSPS) is 12.3. The van der Waals surface area contributed by atoms with Gasteiger partial charge in [0.1, 0.15) is 5.85 Å². The molecule has 2 aromatic carbocycles. The standard InChI is InChI=1S/C18H16NOP/c20-18(15-8-7-13-19-14-15)21(16-9-3-1-4-10-16)17-11-5-2-6-12-17/h1-14,18,20H. The summed E-state index contributed by atoms with van der Waals surface area (Å²) in [7, 11) is -0.873. The molecule has 1 unspecified atom stereocenters. The molecule has 0 spiro atoms. The van der Waals surface area contributed by atoms with E-state index in [0.717, 1.165) is 16.2 Å². The SMILES string of the molecule is OC(c1cccnc1)P(c1ccccc1)c1ccccc1. The molecule has 3 aromatic rings. The van der Waals surface area contributed by atoms with Crippen LogP contribution >= 0.6 is 7.92 Å². The third-order valence-electron chi connectivity index (χ3n) is 3.30. The molecule has 0 bridgehead atoms. The zero-order valence-corrected chi connectivity index (χ0v) is 12.4. The Hall–Kier alpha value is -2.02. The third kappa shape index (κ3) is 3.18. The number of pyridine rings is 1. The van der Waals surface area contributed by atoms with Crippen LogP contribution in [-0.4, -0.2) is 10.1 Å². The molecule has 0 saturated carbocycles. The number of hydrogen-bond acceptors (Lipinski definition) is 2. The third-order valence-corrected chi connectivity index (χ3v) is 5.79. The van der Waals surface area contributed by atoms with Crippen molar-refractivity contribution in [2.45, 2.75) is 5.85 Å². The predicted molar refractivity (Wildman–Crippen MR) is 88.3 cm³/mol. The molecule has 0 aliphatic carbocycles. The Kier molecular flexibility index (Phi) is 4.40. The summed E-state index contributed by atoms with van der Waals surface area (Å²) < 4.78 is 0. The quantitative estimate of drug-likeness (QED) is 0.749. The molecule has 0 radical (unpaired) electrons. The van der Waals surface area contributed by atoms with Crippen molar-refractivity contribution >= 4 is 18.5 Å². The summed E-state index contributed by atoms with van der Waals surface area (Å²) in [5, 5.41) is 13.2. The molecular weight excluding hydrogens is 277 g/mol. The minimum absolute atomic E-state index is 0.557. The van der Waals surface area contributed by atoms with Gasteiger partial charge >= 0.3 is 0 Å². The number of nitrogens with zero attached hydrogens (tertiary/aromatic N) is 1. The Morgan fingerprint density at radius 3 is 1.81 bits per heavy atom. The second-order valence-corrected chi connectivity index (χ2v) is 6.96. The summed E-state index contributed by atoms with van der Waals surface area (Å²) in [4.78, 5) is 4.13. The highest BCUT2D eigenvalue weighted by Crippen LogP contribution is 2.47. The highest BCUT2D eigenvalue weighted by molar-refractivity contribution is 7.73. The first-order valence-electron chi connectivity index (χ1n) is 6.83. The lowest BCUT2D eigenvalue weighted by Crippen LogP contribution is -2.16. The first-order chi connectivity index (χ1) is 10.4. The van der Waals surface area contributed by atoms with E-state index in [-0.39, 0.29) is 0 Å². The fourth-order valence-corrected chi connectivity index (χ4v) is 4.59. The van der Waals surface area contributed by atoms with Gasteiger partial charge in [0.15, 0.2) is 0 Å². The van der Waals surface area contributed by atoms with Crippen molar-refractivity contribution in [2.24, 2.45) is 0 Å². The second-order valence-electron chi connectivity index (χ2n) is 4.70. The molecule has 0 saturated heterocycles. The van der Waals surface area contributed by atoms with E-state index in [9.17, 15) is 5.11 Å². The van der Waals surface area contributed by atoms with E-state index >= 15 is 0 Å². The summed E-state index contributed by atoms with van der Waals surface area (Å²) in [6.45, 7) is 0. The molecule has 1 aromatic heterocycles. The van der Waals surface area contributed by atoms with Gasteiger partial charge in [-0.25, -0.2) is 0 Å². The van der Waals surface area contributed by atoms with Crippen LogP contribution in [0.15, 0.2) is 85.2 Å². The van der Waals surface area contributed by atoms with Crippen molar-refractivity contribution in [3.8, 4) is 0 Å². The van der Waals surface area contributed by atoms with E-state index in [1.807, 2.05) is 48.5 Å². The molecule has 104 valence electrons. The lowest BCUT2D eigenvalue weighted by molar-refractivity contribution is 0.265. The average Bonchev–Trinajstić information content (AvgIpc) is 2.58. The maximum atomic E-state index is 10.9. The van der Waals surface area contributed by atoms with Gasteiger partial charge in [0.2, 0.25) is 0 Å². The van der Waals surface area contributed by atoms with E-state index in [4.69, 9.17) is 0 Å². The van der Waals surface area contributed by atoms with Crippen molar-refractivity contribution in [1.29, 1.82) is 0 Å². The van der Waals surface area contributed by atoms with E-state index < -0.39 is 13.8 Å². The molecule has 3 rings (SSSR count). The molecular formula is C18H16NOP. The minimum atomic E-state index is -0.873. The minimum Gasteiger partial charge on any atom is -0.383 e. The van der Waals surface area contributed by atoms with E-state index in [2.05, 4.69) is 29.2 Å². The largest absolute Gasteiger partial charge is 0.383 e. The monoisotopic (exact) mass is 293 g/mol. The van der Waals surface area contributed by atoms with Crippen LogP contribution in [0.1, 0.15) is 11.4 Å². The van der Waals surface area contributed by atoms with Crippen molar-refractivity contribution in [3.05, 3.63) is 90.8 Å². The van der Waals surface area contributed by atoms with Crippen molar-refractivity contribution < 1.29 is 5.11 Å². The van der Waals surface area contributed by atoms with Crippen LogP contribution in [0.3, 0.4) is 0 Å². The topological polar surface area (TPSA) is 33.1 Å². The zero-order valence-electron chi connectivity index (χ0n) is 11.5. The Morgan fingerprint density at radius 1 is 0.762 bits per heavy atom.